The van der Waals surface area contributed by atoms with Crippen LogP contribution in [0.1, 0.15) is 57.1 Å². The number of amides is 2. The van der Waals surface area contributed by atoms with Gasteiger partial charge in [0.05, 0.1) is 11.6 Å². The zero-order valence-electron chi connectivity index (χ0n) is 21.6. The van der Waals surface area contributed by atoms with Crippen LogP contribution < -0.4 is 15.0 Å². The van der Waals surface area contributed by atoms with Gasteiger partial charge >= 0.3 is 0 Å². The molecule has 8 heteroatoms. The lowest BCUT2D eigenvalue weighted by atomic mass is 9.72. The van der Waals surface area contributed by atoms with Crippen molar-refractivity contribution in [3.05, 3.63) is 46.6 Å². The van der Waals surface area contributed by atoms with Gasteiger partial charge in [0.2, 0.25) is 11.8 Å². The van der Waals surface area contributed by atoms with Crippen molar-refractivity contribution in [2.45, 2.75) is 63.8 Å². The largest absolute Gasteiger partial charge is 0.491 e. The molecule has 6 rings (SSSR count). The van der Waals surface area contributed by atoms with Gasteiger partial charge in [0.1, 0.15) is 18.2 Å². The van der Waals surface area contributed by atoms with Gasteiger partial charge in [-0.25, -0.2) is 4.98 Å². The number of rotatable bonds is 6. The van der Waals surface area contributed by atoms with E-state index in [9.17, 15) is 9.59 Å². The van der Waals surface area contributed by atoms with E-state index in [1.807, 2.05) is 23.1 Å². The van der Waals surface area contributed by atoms with Crippen molar-refractivity contribution in [3.63, 3.8) is 0 Å². The molecule has 1 spiro atoms. The number of fused-ring (bicyclic) bond motifs is 3. The van der Waals surface area contributed by atoms with Crippen molar-refractivity contribution in [2.75, 3.05) is 36.5 Å². The van der Waals surface area contributed by atoms with Gasteiger partial charge in [-0.2, -0.15) is 0 Å². The zero-order chi connectivity index (χ0) is 25.7. The summed E-state index contributed by atoms with van der Waals surface area (Å²) in [5.74, 6) is 3.24. The van der Waals surface area contributed by atoms with Gasteiger partial charge in [-0.15, -0.1) is 0 Å². The minimum absolute atomic E-state index is 0.0925. The summed E-state index contributed by atoms with van der Waals surface area (Å²) < 4.78 is 6.09. The number of hydrogen-bond donors (Lipinski definition) is 1. The number of hydrogen-bond acceptors (Lipinski definition) is 5. The first kappa shape index (κ1) is 24.7. The molecule has 0 atom stereocenters. The average Bonchev–Trinajstić information content (AvgIpc) is 3.11. The van der Waals surface area contributed by atoms with Gasteiger partial charge in [-0.05, 0) is 92.4 Å². The second-order valence-corrected chi connectivity index (χ2v) is 11.9. The molecule has 1 aromatic heterocycles. The van der Waals surface area contributed by atoms with Crippen LogP contribution in [0.4, 0.5) is 11.5 Å². The Balaban J connectivity index is 1.04. The third-order valence-corrected chi connectivity index (χ3v) is 9.28. The molecule has 0 radical (unpaired) electrons. The molecule has 2 fully saturated rings. The number of benzene rings is 1. The first-order valence-electron chi connectivity index (χ1n) is 13.6. The van der Waals surface area contributed by atoms with Crippen LogP contribution in [0.25, 0.3) is 0 Å². The standard InChI is InChI=1S/C29H35ClN4O3/c1-18(2)20-13-22(14-20)34-26(35)6-3-19-15-23(17-31-27(19)34)37-12-11-33-9-7-29(8-10-33)24-16-21(30)4-5-25(24)32-28(29)36/h4-5,15-18,20,22H,3,6-14H2,1-2H3,(H,32,36)/t20-,22+. The molecule has 0 bridgehead atoms. The van der Waals surface area contributed by atoms with Crippen molar-refractivity contribution in [1.82, 2.24) is 9.88 Å². The lowest BCUT2D eigenvalue weighted by molar-refractivity contribution is -0.122. The molecule has 1 aliphatic carbocycles. The number of aromatic nitrogens is 1. The lowest BCUT2D eigenvalue weighted by Crippen LogP contribution is -2.51. The molecule has 0 unspecified atom stereocenters. The van der Waals surface area contributed by atoms with Crippen LogP contribution in [-0.4, -0.2) is 54.0 Å². The molecule has 4 heterocycles. The number of halogens is 1. The normalized spacial score (nSPS) is 24.6. The van der Waals surface area contributed by atoms with E-state index in [1.54, 1.807) is 6.20 Å². The van der Waals surface area contributed by atoms with Crippen LogP contribution in [0, 0.1) is 11.8 Å². The highest BCUT2D eigenvalue weighted by atomic mass is 35.5. The van der Waals surface area contributed by atoms with Gasteiger partial charge in [0, 0.05) is 29.7 Å². The SMILES string of the molecule is CC(C)[C@H]1C[C@@H](N2C(=O)CCc3cc(OCCN4CCC5(CC4)C(=O)Nc4ccc(Cl)cc45)cnc32)C1. The summed E-state index contributed by atoms with van der Waals surface area (Å²) in [5.41, 5.74) is 2.56. The number of pyridine rings is 1. The second kappa shape index (κ2) is 9.59. The summed E-state index contributed by atoms with van der Waals surface area (Å²) >= 11 is 6.24. The number of ether oxygens (including phenoxy) is 1. The van der Waals surface area contributed by atoms with E-state index in [4.69, 9.17) is 16.3 Å². The lowest BCUT2D eigenvalue weighted by Gasteiger charge is -2.45. The maximum atomic E-state index is 12.9. The van der Waals surface area contributed by atoms with Crippen LogP contribution in [0.2, 0.25) is 5.02 Å². The van der Waals surface area contributed by atoms with Crippen molar-refractivity contribution in [3.8, 4) is 5.75 Å². The molecule has 4 aliphatic rings. The van der Waals surface area contributed by atoms with Crippen molar-refractivity contribution >= 4 is 34.9 Å². The molecule has 7 nitrogen and oxygen atoms in total. The van der Waals surface area contributed by atoms with Crippen molar-refractivity contribution < 1.29 is 14.3 Å². The number of nitrogens with one attached hydrogen (secondary N) is 1. The fraction of sp³-hybridized carbons (Fsp3) is 0.552. The molecule has 37 heavy (non-hydrogen) atoms. The molecular formula is C29H35ClN4O3. The Bertz CT molecular complexity index is 1220. The Labute approximate surface area is 223 Å². The zero-order valence-corrected chi connectivity index (χ0v) is 22.4. The van der Waals surface area contributed by atoms with Gasteiger partial charge in [-0.3, -0.25) is 19.4 Å². The van der Waals surface area contributed by atoms with E-state index < -0.39 is 5.41 Å². The molecule has 196 valence electrons. The summed E-state index contributed by atoms with van der Waals surface area (Å²) in [6.45, 7) is 7.54. The Morgan fingerprint density at radius 3 is 2.70 bits per heavy atom. The topological polar surface area (TPSA) is 74.8 Å². The minimum atomic E-state index is -0.473. The number of nitrogens with zero attached hydrogens (tertiary/aromatic N) is 3. The first-order chi connectivity index (χ1) is 17.8. The number of likely N-dealkylation sites (tertiary alicyclic amines) is 1. The Morgan fingerprint density at radius 2 is 1.95 bits per heavy atom. The van der Waals surface area contributed by atoms with Crippen LogP contribution in [0.3, 0.4) is 0 Å². The highest BCUT2D eigenvalue weighted by Crippen LogP contribution is 2.46. The van der Waals surface area contributed by atoms with Crippen molar-refractivity contribution in [1.29, 1.82) is 0 Å². The highest BCUT2D eigenvalue weighted by Gasteiger charge is 2.48. The average molecular weight is 523 g/mol. The van der Waals surface area contributed by atoms with E-state index in [1.165, 1.54) is 0 Å². The van der Waals surface area contributed by atoms with E-state index in [0.717, 1.165) is 80.1 Å². The minimum Gasteiger partial charge on any atom is -0.491 e. The molecule has 1 saturated carbocycles. The maximum absolute atomic E-state index is 12.9. The number of carbonyl (C=O) groups is 2. The fourth-order valence-corrected chi connectivity index (χ4v) is 6.71. The van der Waals surface area contributed by atoms with Gasteiger partial charge < -0.3 is 10.1 Å². The Morgan fingerprint density at radius 1 is 1.16 bits per heavy atom. The summed E-state index contributed by atoms with van der Waals surface area (Å²) in [6.07, 6.45) is 6.71. The smallest absolute Gasteiger partial charge is 0.235 e. The monoisotopic (exact) mass is 522 g/mol. The summed E-state index contributed by atoms with van der Waals surface area (Å²) in [5, 5.41) is 3.71. The van der Waals surface area contributed by atoms with E-state index in [2.05, 4.69) is 35.1 Å². The molecule has 1 N–H and O–H groups in total. The predicted octanol–water partition coefficient (Wildman–Crippen LogP) is 4.81. The first-order valence-corrected chi connectivity index (χ1v) is 14.0. The van der Waals surface area contributed by atoms with Crippen LogP contribution in [0.5, 0.6) is 5.75 Å². The second-order valence-electron chi connectivity index (χ2n) is 11.5. The van der Waals surface area contributed by atoms with E-state index >= 15 is 0 Å². The van der Waals surface area contributed by atoms with Crippen LogP contribution in [-0.2, 0) is 21.4 Å². The molecule has 2 aromatic rings. The third kappa shape index (κ3) is 4.40. The van der Waals surface area contributed by atoms with Crippen LogP contribution in [0.15, 0.2) is 30.5 Å². The highest BCUT2D eigenvalue weighted by molar-refractivity contribution is 6.31. The maximum Gasteiger partial charge on any atom is 0.235 e. The van der Waals surface area contributed by atoms with Gasteiger partial charge in [-0.1, -0.05) is 25.4 Å². The Hall–Kier alpha value is -2.64. The van der Waals surface area contributed by atoms with Gasteiger partial charge in [0.25, 0.3) is 0 Å². The predicted molar refractivity (Wildman–Crippen MR) is 144 cm³/mol. The van der Waals surface area contributed by atoms with Gasteiger partial charge in [0.15, 0.2) is 0 Å². The number of aryl methyl sites for hydroxylation is 1. The number of anilines is 2. The number of carbonyl (C=O) groups excluding carboxylic acids is 2. The van der Waals surface area contributed by atoms with E-state index in [-0.39, 0.29) is 17.9 Å². The summed E-state index contributed by atoms with van der Waals surface area (Å²) in [6, 6.07) is 8.02. The van der Waals surface area contributed by atoms with Crippen molar-refractivity contribution in [2.24, 2.45) is 11.8 Å². The molecular weight excluding hydrogens is 488 g/mol. The third-order valence-electron chi connectivity index (χ3n) is 9.05. The molecule has 2 amide bonds. The molecule has 1 saturated heterocycles. The molecule has 3 aliphatic heterocycles. The Kier molecular flexibility index (Phi) is 6.40. The quantitative estimate of drug-likeness (QED) is 0.589. The van der Waals surface area contributed by atoms with Crippen LogP contribution >= 0.6 is 11.6 Å². The fourth-order valence-electron chi connectivity index (χ4n) is 6.54. The number of piperidine rings is 1. The molecule has 1 aromatic carbocycles. The summed E-state index contributed by atoms with van der Waals surface area (Å²) in [7, 11) is 0. The van der Waals surface area contributed by atoms with E-state index in [0.29, 0.717) is 29.9 Å². The summed E-state index contributed by atoms with van der Waals surface area (Å²) in [4.78, 5) is 34.6.